The number of ether oxygens (including phenoxy) is 1. The predicted molar refractivity (Wildman–Crippen MR) is 195 cm³/mol. The zero-order valence-corrected chi connectivity index (χ0v) is 30.9. The van der Waals surface area contributed by atoms with E-state index in [1.807, 2.05) is 0 Å². The van der Waals surface area contributed by atoms with Gasteiger partial charge in [-0.2, -0.15) is 26.3 Å². The third kappa shape index (κ3) is 10.2. The first-order chi connectivity index (χ1) is 26.2. The second-order valence-corrected chi connectivity index (χ2v) is 14.9. The number of nitrogens with zero attached hydrogens (tertiary/aromatic N) is 3. The Morgan fingerprint density at radius 2 is 1.71 bits per heavy atom. The molecular weight excluding hydrogens is 795 g/mol. The normalized spacial score (nSPS) is 14.5. The van der Waals surface area contributed by atoms with Crippen molar-refractivity contribution < 1.29 is 44.5 Å². The fourth-order valence-electron chi connectivity index (χ4n) is 6.03. The third-order valence-electron chi connectivity index (χ3n) is 8.85. The minimum Gasteiger partial charge on any atom is -0.455 e. The average Bonchev–Trinajstić information content (AvgIpc) is 3.67. The highest BCUT2D eigenvalue weighted by molar-refractivity contribution is 7.86. The number of rotatable bonds is 12. The first-order valence-electron chi connectivity index (χ1n) is 16.7. The number of pyridine rings is 1. The van der Waals surface area contributed by atoms with Gasteiger partial charge in [0.15, 0.2) is 11.0 Å². The number of alkyl halides is 6. The molecule has 3 heterocycles. The molecule has 55 heavy (non-hydrogen) atoms. The van der Waals surface area contributed by atoms with Gasteiger partial charge in [-0.05, 0) is 90.9 Å². The van der Waals surface area contributed by atoms with E-state index < -0.39 is 40.6 Å². The molecule has 2 N–H and O–H groups in total. The maximum atomic E-state index is 15.3. The Morgan fingerprint density at radius 3 is 2.42 bits per heavy atom. The van der Waals surface area contributed by atoms with Crippen LogP contribution >= 0.6 is 22.9 Å². The largest absolute Gasteiger partial charge is 0.471 e. The predicted octanol–water partition coefficient (Wildman–Crippen LogP) is 9.89. The van der Waals surface area contributed by atoms with Crippen LogP contribution in [0, 0.1) is 11.7 Å². The van der Waals surface area contributed by atoms with Gasteiger partial charge >= 0.3 is 18.3 Å². The fourth-order valence-corrected chi connectivity index (χ4v) is 7.73. The molecule has 8 nitrogen and oxygen atoms in total. The number of hydrogen-bond donors (Lipinski definition) is 2. The lowest BCUT2D eigenvalue weighted by atomic mass is 9.93. The zero-order valence-electron chi connectivity index (χ0n) is 28.5. The summed E-state index contributed by atoms with van der Waals surface area (Å²) in [6.45, 7) is 0.936. The van der Waals surface area contributed by atoms with Gasteiger partial charge < -0.3 is 15.0 Å². The van der Waals surface area contributed by atoms with Crippen molar-refractivity contribution in [3.8, 4) is 33.8 Å². The van der Waals surface area contributed by atoms with Crippen LogP contribution in [0.2, 0.25) is 5.02 Å². The molecule has 1 amide bonds. The van der Waals surface area contributed by atoms with Gasteiger partial charge in [0.05, 0.1) is 26.7 Å². The number of hydrogen-bond acceptors (Lipinski definition) is 7. The Bertz CT molecular complexity index is 2160. The van der Waals surface area contributed by atoms with Gasteiger partial charge in [-0.3, -0.25) is 14.5 Å². The van der Waals surface area contributed by atoms with Crippen molar-refractivity contribution in [2.75, 3.05) is 24.4 Å². The SMILES string of the molecule is O=C(N1CCC(CCNCc2cc(-c3cc(-c4cccc(C(F)(F)F)c4)ccc3Oc3cc(F)c(S(=O)Nc4cscn4)cc3Cl)ccn2)CC1)C(F)(F)F. The molecule has 6 rings (SSSR count). The van der Waals surface area contributed by atoms with Crippen molar-refractivity contribution in [2.24, 2.45) is 5.92 Å². The summed E-state index contributed by atoms with van der Waals surface area (Å²) in [5.74, 6) is -2.18. The number of amides is 1. The van der Waals surface area contributed by atoms with Gasteiger partial charge in [-0.15, -0.1) is 11.3 Å². The summed E-state index contributed by atoms with van der Waals surface area (Å²) >= 11 is 7.76. The van der Waals surface area contributed by atoms with E-state index in [1.54, 1.807) is 41.9 Å². The maximum Gasteiger partial charge on any atom is 0.471 e. The molecular formula is C37H31ClF7N5O3S2. The van der Waals surface area contributed by atoms with Gasteiger partial charge in [0.2, 0.25) is 0 Å². The molecule has 1 aliphatic heterocycles. The summed E-state index contributed by atoms with van der Waals surface area (Å²) in [5, 5.41) is 4.83. The topological polar surface area (TPSA) is 96.5 Å². The minimum absolute atomic E-state index is 0.0442. The Labute approximate surface area is 322 Å². The van der Waals surface area contributed by atoms with Crippen LogP contribution in [-0.2, 0) is 28.5 Å². The van der Waals surface area contributed by atoms with E-state index in [1.165, 1.54) is 35.0 Å². The molecule has 1 unspecified atom stereocenters. The number of benzene rings is 3. The molecule has 2 aromatic heterocycles. The van der Waals surface area contributed by atoms with Gasteiger partial charge in [-0.25, -0.2) is 13.6 Å². The average molecular weight is 826 g/mol. The Morgan fingerprint density at radius 1 is 0.945 bits per heavy atom. The zero-order chi connectivity index (χ0) is 39.3. The first kappa shape index (κ1) is 40.1. The van der Waals surface area contributed by atoms with Gasteiger partial charge in [0, 0.05) is 42.8 Å². The van der Waals surface area contributed by atoms with Crippen molar-refractivity contribution in [1.82, 2.24) is 20.2 Å². The molecule has 290 valence electrons. The van der Waals surface area contributed by atoms with Crippen molar-refractivity contribution in [2.45, 2.75) is 43.1 Å². The summed E-state index contributed by atoms with van der Waals surface area (Å²) in [5.41, 5.74) is 3.01. The molecule has 0 saturated carbocycles. The molecule has 1 saturated heterocycles. The molecule has 0 aliphatic carbocycles. The van der Waals surface area contributed by atoms with Crippen LogP contribution in [0.25, 0.3) is 22.3 Å². The number of anilines is 1. The van der Waals surface area contributed by atoms with Crippen LogP contribution in [0.1, 0.15) is 30.5 Å². The lowest BCUT2D eigenvalue weighted by molar-refractivity contribution is -0.186. The van der Waals surface area contributed by atoms with Crippen molar-refractivity contribution in [3.63, 3.8) is 0 Å². The minimum atomic E-state index is -4.89. The van der Waals surface area contributed by atoms with E-state index in [9.17, 15) is 35.3 Å². The smallest absolute Gasteiger partial charge is 0.455 e. The summed E-state index contributed by atoms with van der Waals surface area (Å²) in [4.78, 5) is 20.5. The van der Waals surface area contributed by atoms with E-state index in [2.05, 4.69) is 20.0 Å². The molecule has 1 aliphatic rings. The lowest BCUT2D eigenvalue weighted by Crippen LogP contribution is -2.45. The molecule has 0 spiro atoms. The summed E-state index contributed by atoms with van der Waals surface area (Å²) in [6, 6.07) is 15.2. The number of aromatic nitrogens is 2. The second kappa shape index (κ2) is 17.1. The molecule has 0 bridgehead atoms. The molecule has 5 aromatic rings. The van der Waals surface area contributed by atoms with Crippen molar-refractivity contribution in [1.29, 1.82) is 0 Å². The van der Waals surface area contributed by atoms with E-state index in [0.717, 1.165) is 23.1 Å². The molecule has 1 fully saturated rings. The van der Waals surface area contributed by atoms with Crippen LogP contribution in [0.5, 0.6) is 11.5 Å². The monoisotopic (exact) mass is 825 g/mol. The Balaban J connectivity index is 1.21. The Kier molecular flexibility index (Phi) is 12.4. The van der Waals surface area contributed by atoms with E-state index >= 15 is 4.39 Å². The van der Waals surface area contributed by atoms with Crippen LogP contribution in [-0.4, -0.2) is 50.8 Å². The fraction of sp³-hybridized carbons (Fsp3) is 0.270. The highest BCUT2D eigenvalue weighted by Crippen LogP contribution is 2.41. The molecule has 1 atom stereocenters. The summed E-state index contributed by atoms with van der Waals surface area (Å²) in [7, 11) is -2.04. The van der Waals surface area contributed by atoms with Crippen LogP contribution < -0.4 is 14.8 Å². The van der Waals surface area contributed by atoms with E-state index in [-0.39, 0.29) is 46.0 Å². The standard InChI is InChI=1S/C37H31ClF7N5O3S2/c38-29-17-33(55(52)49-34-20-54-21-48-34)30(39)18-32(29)53-31-5-4-24(23-2-1-3-26(14-23)36(40,41)42)16-28(31)25-7-11-47-27(15-25)19-46-10-6-22-8-12-50(13-9-22)35(51)37(43,44)45/h1-5,7,11,14-18,20-22,46,49H,6,8-10,12-13,19H2. The molecule has 18 heteroatoms. The van der Waals surface area contributed by atoms with Crippen LogP contribution in [0.4, 0.5) is 36.6 Å². The van der Waals surface area contributed by atoms with Crippen LogP contribution in [0.15, 0.2) is 88.7 Å². The van der Waals surface area contributed by atoms with Gasteiger partial charge in [0.1, 0.15) is 23.1 Å². The highest BCUT2D eigenvalue weighted by atomic mass is 35.5. The quantitative estimate of drug-likeness (QED) is 0.0961. The molecule has 3 aromatic carbocycles. The lowest BCUT2D eigenvalue weighted by Gasteiger charge is -2.32. The molecule has 0 radical (unpaired) electrons. The number of carbonyl (C=O) groups is 1. The second-order valence-electron chi connectivity index (χ2n) is 12.6. The number of likely N-dealkylation sites (tertiary alicyclic amines) is 1. The number of piperidine rings is 1. The number of thiazole rings is 1. The van der Waals surface area contributed by atoms with Gasteiger partial charge in [0.25, 0.3) is 0 Å². The van der Waals surface area contributed by atoms with E-state index in [4.69, 9.17) is 16.3 Å². The number of nitrogens with one attached hydrogen (secondary N) is 2. The van der Waals surface area contributed by atoms with Crippen molar-refractivity contribution >= 4 is 45.6 Å². The summed E-state index contributed by atoms with van der Waals surface area (Å²) < 4.78 is 116. The highest BCUT2D eigenvalue weighted by Gasteiger charge is 2.43. The summed E-state index contributed by atoms with van der Waals surface area (Å²) in [6.07, 6.45) is -6.31. The maximum absolute atomic E-state index is 15.3. The first-order valence-corrected chi connectivity index (χ1v) is 19.2. The van der Waals surface area contributed by atoms with E-state index in [0.29, 0.717) is 60.6 Å². The third-order valence-corrected chi connectivity index (χ3v) is 10.8. The van der Waals surface area contributed by atoms with Crippen LogP contribution in [0.3, 0.4) is 0 Å². The van der Waals surface area contributed by atoms with Gasteiger partial charge in [-0.1, -0.05) is 29.8 Å². The number of carbonyl (C=O) groups excluding carboxylic acids is 1. The number of halogens is 8. The van der Waals surface area contributed by atoms with Crippen molar-refractivity contribution in [3.05, 3.63) is 106 Å². The Hall–Kier alpha value is -4.58.